The third-order valence-electron chi connectivity index (χ3n) is 3.02. The molecule has 0 aliphatic carbocycles. The molecule has 1 N–H and O–H groups in total. The maximum absolute atomic E-state index is 12.4. The third-order valence-corrected chi connectivity index (χ3v) is 3.25. The second kappa shape index (κ2) is 6.89. The van der Waals surface area contributed by atoms with E-state index in [1.807, 2.05) is 0 Å². The summed E-state index contributed by atoms with van der Waals surface area (Å²) >= 11 is 5.78. The maximum atomic E-state index is 12.4. The van der Waals surface area contributed by atoms with Gasteiger partial charge in [0, 0.05) is 11.6 Å². The zero-order valence-electron chi connectivity index (χ0n) is 11.2. The minimum atomic E-state index is -3.09. The fraction of sp³-hybridized carbons (Fsp3) is 0.385. The normalized spacial score (nSPS) is 18.4. The Balaban J connectivity index is 2.24. The predicted octanol–water partition coefficient (Wildman–Crippen LogP) is 1.87. The van der Waals surface area contributed by atoms with Crippen molar-refractivity contribution in [3.05, 3.63) is 28.8 Å². The largest absolute Gasteiger partial charge is 0.479 e. The molecule has 1 heterocycles. The van der Waals surface area contributed by atoms with Crippen LogP contribution in [0.1, 0.15) is 10.4 Å². The number of aliphatic carboxylic acids is 1. The first-order chi connectivity index (χ1) is 10.4. The Hall–Kier alpha value is -1.93. The highest BCUT2D eigenvalue weighted by molar-refractivity contribution is 6.31. The minimum absolute atomic E-state index is 0.0360. The highest BCUT2D eigenvalue weighted by Gasteiger charge is 2.31. The van der Waals surface area contributed by atoms with Crippen LogP contribution in [0.5, 0.6) is 5.75 Å². The Labute approximate surface area is 129 Å². The van der Waals surface area contributed by atoms with Gasteiger partial charge in [-0.05, 0) is 18.2 Å². The van der Waals surface area contributed by atoms with Crippen LogP contribution in [0.4, 0.5) is 8.78 Å². The van der Waals surface area contributed by atoms with E-state index in [1.54, 1.807) is 0 Å². The number of amides is 1. The summed E-state index contributed by atoms with van der Waals surface area (Å²) in [5.41, 5.74) is -0.154. The maximum Gasteiger partial charge on any atom is 0.387 e. The molecule has 1 amide bonds. The van der Waals surface area contributed by atoms with Crippen LogP contribution in [-0.4, -0.2) is 54.3 Å². The number of carboxylic acid groups (broad SMARTS) is 1. The molecular formula is C13H12ClF2NO5. The zero-order chi connectivity index (χ0) is 16.3. The number of ether oxygens (including phenoxy) is 2. The minimum Gasteiger partial charge on any atom is -0.479 e. The molecule has 1 atom stereocenters. The summed E-state index contributed by atoms with van der Waals surface area (Å²) in [6.07, 6.45) is -1.16. The Morgan fingerprint density at radius 1 is 1.45 bits per heavy atom. The van der Waals surface area contributed by atoms with Crippen LogP contribution >= 0.6 is 11.6 Å². The predicted molar refractivity (Wildman–Crippen MR) is 71.4 cm³/mol. The summed E-state index contributed by atoms with van der Waals surface area (Å²) in [5, 5.41) is 9.09. The molecule has 120 valence electrons. The van der Waals surface area contributed by atoms with Gasteiger partial charge in [0.05, 0.1) is 18.7 Å². The second-order valence-corrected chi connectivity index (χ2v) is 4.90. The third kappa shape index (κ3) is 3.83. The van der Waals surface area contributed by atoms with E-state index in [4.69, 9.17) is 21.4 Å². The van der Waals surface area contributed by atoms with Crippen molar-refractivity contribution in [3.8, 4) is 5.75 Å². The summed E-state index contributed by atoms with van der Waals surface area (Å²) < 4.78 is 34.1. The average Bonchev–Trinajstić information content (AvgIpc) is 2.48. The van der Waals surface area contributed by atoms with Gasteiger partial charge < -0.3 is 19.5 Å². The Morgan fingerprint density at radius 3 is 2.82 bits per heavy atom. The number of alkyl halides is 2. The van der Waals surface area contributed by atoms with Crippen LogP contribution in [0.25, 0.3) is 0 Å². The fourth-order valence-electron chi connectivity index (χ4n) is 2.02. The van der Waals surface area contributed by atoms with Crippen LogP contribution in [0.15, 0.2) is 18.2 Å². The number of carbonyl (C=O) groups excluding carboxylic acids is 1. The highest BCUT2D eigenvalue weighted by atomic mass is 35.5. The van der Waals surface area contributed by atoms with E-state index in [0.717, 1.165) is 6.07 Å². The molecule has 0 saturated carbocycles. The van der Waals surface area contributed by atoms with Crippen LogP contribution < -0.4 is 4.74 Å². The van der Waals surface area contributed by atoms with Crippen LogP contribution in [0.2, 0.25) is 5.02 Å². The molecule has 1 aromatic carbocycles. The summed E-state index contributed by atoms with van der Waals surface area (Å²) in [6.45, 7) is -3.10. The van der Waals surface area contributed by atoms with Gasteiger partial charge in [0.25, 0.3) is 5.91 Å². The van der Waals surface area contributed by atoms with Crippen molar-refractivity contribution in [2.75, 3.05) is 19.7 Å². The molecule has 0 bridgehead atoms. The molecule has 0 spiro atoms. The Kier molecular flexibility index (Phi) is 5.15. The molecular weight excluding hydrogens is 324 g/mol. The first-order valence-electron chi connectivity index (χ1n) is 6.26. The number of halogens is 3. The molecule has 1 unspecified atom stereocenters. The Morgan fingerprint density at radius 2 is 2.18 bits per heavy atom. The van der Waals surface area contributed by atoms with Crippen molar-refractivity contribution in [2.24, 2.45) is 0 Å². The van der Waals surface area contributed by atoms with Crippen LogP contribution in [0.3, 0.4) is 0 Å². The van der Waals surface area contributed by atoms with E-state index < -0.39 is 24.6 Å². The van der Waals surface area contributed by atoms with Crippen molar-refractivity contribution in [1.29, 1.82) is 0 Å². The lowest BCUT2D eigenvalue weighted by Gasteiger charge is -2.31. The number of hydrogen-bond donors (Lipinski definition) is 1. The van der Waals surface area contributed by atoms with E-state index in [1.165, 1.54) is 17.0 Å². The van der Waals surface area contributed by atoms with Gasteiger partial charge >= 0.3 is 12.6 Å². The molecule has 2 rings (SSSR count). The van der Waals surface area contributed by atoms with Crippen molar-refractivity contribution >= 4 is 23.5 Å². The van der Waals surface area contributed by atoms with E-state index >= 15 is 0 Å². The molecule has 6 nitrogen and oxygen atoms in total. The number of benzene rings is 1. The highest BCUT2D eigenvalue weighted by Crippen LogP contribution is 2.26. The fourth-order valence-corrected chi connectivity index (χ4v) is 2.19. The lowest BCUT2D eigenvalue weighted by Crippen LogP contribution is -2.48. The van der Waals surface area contributed by atoms with Gasteiger partial charge in [-0.25, -0.2) is 4.79 Å². The quantitative estimate of drug-likeness (QED) is 0.909. The average molecular weight is 336 g/mol. The summed E-state index contributed by atoms with van der Waals surface area (Å²) in [5.74, 6) is -2.16. The SMILES string of the molecule is O=C(O)C1CN(C(=O)c2cc(Cl)ccc2OC(F)F)CCO1. The molecule has 1 aromatic rings. The van der Waals surface area contributed by atoms with Gasteiger partial charge in [0.2, 0.25) is 0 Å². The number of nitrogens with zero attached hydrogens (tertiary/aromatic N) is 1. The van der Waals surface area contributed by atoms with Crippen molar-refractivity contribution in [3.63, 3.8) is 0 Å². The molecule has 9 heteroatoms. The summed E-state index contributed by atoms with van der Waals surface area (Å²) in [6, 6.07) is 3.68. The van der Waals surface area contributed by atoms with Gasteiger partial charge in [-0.2, -0.15) is 8.78 Å². The second-order valence-electron chi connectivity index (χ2n) is 4.47. The molecule has 1 aliphatic rings. The van der Waals surface area contributed by atoms with E-state index in [2.05, 4.69) is 4.74 Å². The number of carboxylic acids is 1. The topological polar surface area (TPSA) is 76.1 Å². The summed E-state index contributed by atoms with van der Waals surface area (Å²) in [4.78, 5) is 24.5. The molecule has 1 fully saturated rings. The molecule has 1 saturated heterocycles. The van der Waals surface area contributed by atoms with Gasteiger partial charge in [-0.15, -0.1) is 0 Å². The van der Waals surface area contributed by atoms with Crippen molar-refractivity contribution in [2.45, 2.75) is 12.7 Å². The standard InChI is InChI=1S/C13H12ClF2NO5/c14-7-1-2-9(22-13(15)16)8(5-7)11(18)17-3-4-21-10(6-17)12(19)20/h1-2,5,10,13H,3-4,6H2,(H,19,20). The zero-order valence-corrected chi connectivity index (χ0v) is 11.9. The number of hydrogen-bond acceptors (Lipinski definition) is 4. The van der Waals surface area contributed by atoms with E-state index in [-0.39, 0.29) is 36.0 Å². The molecule has 0 radical (unpaired) electrons. The molecule has 0 aromatic heterocycles. The summed E-state index contributed by atoms with van der Waals surface area (Å²) in [7, 11) is 0. The van der Waals surface area contributed by atoms with Crippen molar-refractivity contribution in [1.82, 2.24) is 4.90 Å². The molecule has 22 heavy (non-hydrogen) atoms. The lowest BCUT2D eigenvalue weighted by atomic mass is 10.1. The first-order valence-corrected chi connectivity index (χ1v) is 6.64. The van der Waals surface area contributed by atoms with Crippen LogP contribution in [0, 0.1) is 0 Å². The number of carbonyl (C=O) groups is 2. The van der Waals surface area contributed by atoms with Gasteiger partial charge in [-0.3, -0.25) is 4.79 Å². The first kappa shape index (κ1) is 16.4. The van der Waals surface area contributed by atoms with Crippen molar-refractivity contribution < 1.29 is 33.0 Å². The number of rotatable bonds is 4. The van der Waals surface area contributed by atoms with Gasteiger partial charge in [-0.1, -0.05) is 11.6 Å². The van der Waals surface area contributed by atoms with E-state index in [0.29, 0.717) is 0 Å². The molecule has 1 aliphatic heterocycles. The lowest BCUT2D eigenvalue weighted by molar-refractivity contribution is -0.154. The van der Waals surface area contributed by atoms with Crippen LogP contribution in [-0.2, 0) is 9.53 Å². The van der Waals surface area contributed by atoms with E-state index in [9.17, 15) is 18.4 Å². The van der Waals surface area contributed by atoms with Gasteiger partial charge in [0.15, 0.2) is 6.10 Å². The Bertz CT molecular complexity index is 584. The number of morpholine rings is 1. The van der Waals surface area contributed by atoms with Gasteiger partial charge in [0.1, 0.15) is 5.75 Å². The monoisotopic (exact) mass is 335 g/mol. The smallest absolute Gasteiger partial charge is 0.387 e.